The van der Waals surface area contributed by atoms with Crippen LogP contribution in [0.3, 0.4) is 0 Å². The van der Waals surface area contributed by atoms with Crippen LogP contribution in [0.4, 0.5) is 10.2 Å². The third-order valence-corrected chi connectivity index (χ3v) is 4.80. The van der Waals surface area contributed by atoms with Gasteiger partial charge in [-0.25, -0.2) is 19.3 Å². The van der Waals surface area contributed by atoms with E-state index in [2.05, 4.69) is 20.3 Å². The molecule has 2 aromatic carbocycles. The molecule has 6 nitrogen and oxygen atoms in total. The maximum Gasteiger partial charge on any atom is 0.162 e. The molecule has 0 bridgehead atoms. The van der Waals surface area contributed by atoms with Gasteiger partial charge in [-0.15, -0.1) is 0 Å². The van der Waals surface area contributed by atoms with Crippen molar-refractivity contribution in [2.75, 3.05) is 5.32 Å². The van der Waals surface area contributed by atoms with Crippen molar-refractivity contribution >= 4 is 16.7 Å². The Morgan fingerprint density at radius 1 is 0.900 bits per heavy atom. The first-order chi connectivity index (χ1) is 14.8. The summed E-state index contributed by atoms with van der Waals surface area (Å²) in [5.74, 6) is 1.00. The molecule has 0 aliphatic heterocycles. The normalized spacial score (nSPS) is 11.0. The van der Waals surface area contributed by atoms with Crippen LogP contribution in [-0.4, -0.2) is 24.5 Å². The quantitative estimate of drug-likeness (QED) is 0.469. The smallest absolute Gasteiger partial charge is 0.162 e. The average molecular weight is 396 g/mol. The molecule has 0 aliphatic rings. The van der Waals surface area contributed by atoms with Gasteiger partial charge in [0.2, 0.25) is 0 Å². The van der Waals surface area contributed by atoms with Crippen molar-refractivity contribution in [3.8, 4) is 17.1 Å². The van der Waals surface area contributed by atoms with Gasteiger partial charge in [-0.05, 0) is 42.0 Å². The van der Waals surface area contributed by atoms with Crippen LogP contribution in [0.5, 0.6) is 0 Å². The number of aromatic nitrogens is 5. The van der Waals surface area contributed by atoms with E-state index >= 15 is 0 Å². The van der Waals surface area contributed by atoms with Gasteiger partial charge in [-0.1, -0.05) is 18.2 Å². The number of hydrogen-bond donors (Lipinski definition) is 1. The Morgan fingerprint density at radius 3 is 2.57 bits per heavy atom. The highest BCUT2D eigenvalue weighted by Crippen LogP contribution is 2.25. The lowest BCUT2D eigenvalue weighted by atomic mass is 10.1. The number of para-hydroxylation sites is 1. The Bertz CT molecular complexity index is 1300. The molecular formula is C23H17FN6. The van der Waals surface area contributed by atoms with Crippen LogP contribution in [0.1, 0.15) is 5.56 Å². The monoisotopic (exact) mass is 396 g/mol. The van der Waals surface area contributed by atoms with E-state index in [0.29, 0.717) is 23.9 Å². The van der Waals surface area contributed by atoms with Gasteiger partial charge in [0, 0.05) is 42.3 Å². The molecule has 3 aromatic heterocycles. The van der Waals surface area contributed by atoms with Crippen molar-refractivity contribution in [3.63, 3.8) is 0 Å². The topological polar surface area (TPSA) is 68.5 Å². The molecule has 0 radical (unpaired) electrons. The molecule has 5 aromatic rings. The van der Waals surface area contributed by atoms with Gasteiger partial charge < -0.3 is 9.88 Å². The highest BCUT2D eigenvalue weighted by Gasteiger charge is 2.10. The number of pyridine rings is 1. The van der Waals surface area contributed by atoms with E-state index in [-0.39, 0.29) is 5.82 Å². The number of benzene rings is 2. The summed E-state index contributed by atoms with van der Waals surface area (Å²) in [6, 6.07) is 16.7. The average Bonchev–Trinajstić information content (AvgIpc) is 3.32. The fourth-order valence-electron chi connectivity index (χ4n) is 3.30. The molecule has 3 heterocycles. The van der Waals surface area contributed by atoms with Gasteiger partial charge in [-0.2, -0.15) is 0 Å². The first kappa shape index (κ1) is 17.9. The zero-order chi connectivity index (χ0) is 20.3. The zero-order valence-corrected chi connectivity index (χ0v) is 15.9. The number of halogens is 1. The number of nitrogens with zero attached hydrogens (tertiary/aromatic N) is 5. The van der Waals surface area contributed by atoms with Crippen molar-refractivity contribution < 1.29 is 4.39 Å². The summed E-state index contributed by atoms with van der Waals surface area (Å²) >= 11 is 0. The SMILES string of the molecule is Fc1cc(CNc2nc(-c3ccncc3)nc3ccccc23)ccc1-n1ccnc1. The minimum absolute atomic E-state index is 0.308. The van der Waals surface area contributed by atoms with E-state index in [1.807, 2.05) is 42.5 Å². The van der Waals surface area contributed by atoms with Gasteiger partial charge >= 0.3 is 0 Å². The molecule has 0 spiro atoms. The minimum Gasteiger partial charge on any atom is -0.365 e. The van der Waals surface area contributed by atoms with Crippen LogP contribution in [0.15, 0.2) is 85.7 Å². The van der Waals surface area contributed by atoms with Crippen LogP contribution in [-0.2, 0) is 6.54 Å². The molecule has 0 saturated heterocycles. The summed E-state index contributed by atoms with van der Waals surface area (Å²) in [6.45, 7) is 0.428. The fourth-order valence-corrected chi connectivity index (χ4v) is 3.30. The molecule has 146 valence electrons. The van der Waals surface area contributed by atoms with Crippen molar-refractivity contribution in [1.82, 2.24) is 24.5 Å². The molecule has 0 atom stereocenters. The van der Waals surface area contributed by atoms with Crippen LogP contribution >= 0.6 is 0 Å². The van der Waals surface area contributed by atoms with E-state index in [0.717, 1.165) is 22.0 Å². The second-order valence-electron chi connectivity index (χ2n) is 6.76. The number of anilines is 1. The predicted octanol–water partition coefficient (Wildman–Crippen LogP) is 4.63. The zero-order valence-electron chi connectivity index (χ0n) is 15.9. The minimum atomic E-state index is -0.308. The van der Waals surface area contributed by atoms with E-state index in [1.165, 1.54) is 6.07 Å². The van der Waals surface area contributed by atoms with Crippen molar-refractivity contribution in [2.24, 2.45) is 0 Å². The van der Waals surface area contributed by atoms with Crippen LogP contribution in [0.2, 0.25) is 0 Å². The predicted molar refractivity (Wildman–Crippen MR) is 114 cm³/mol. The van der Waals surface area contributed by atoms with E-state index < -0.39 is 0 Å². The highest BCUT2D eigenvalue weighted by molar-refractivity contribution is 5.90. The summed E-state index contributed by atoms with van der Waals surface area (Å²) in [6.07, 6.45) is 8.33. The molecule has 0 unspecified atom stereocenters. The molecule has 0 saturated carbocycles. The highest BCUT2D eigenvalue weighted by atomic mass is 19.1. The van der Waals surface area contributed by atoms with Gasteiger partial charge in [0.1, 0.15) is 11.6 Å². The summed E-state index contributed by atoms with van der Waals surface area (Å²) in [5, 5.41) is 4.25. The number of imidazole rings is 1. The maximum atomic E-state index is 14.6. The van der Waals surface area contributed by atoms with Crippen molar-refractivity contribution in [2.45, 2.75) is 6.54 Å². The lowest BCUT2D eigenvalue weighted by molar-refractivity contribution is 0.616. The summed E-state index contributed by atoms with van der Waals surface area (Å²) in [5.41, 5.74) is 2.99. The number of nitrogens with one attached hydrogen (secondary N) is 1. The third-order valence-electron chi connectivity index (χ3n) is 4.80. The molecule has 5 rings (SSSR count). The lowest BCUT2D eigenvalue weighted by Crippen LogP contribution is -2.05. The van der Waals surface area contributed by atoms with Crippen LogP contribution in [0, 0.1) is 5.82 Å². The second kappa shape index (κ2) is 7.71. The first-order valence-corrected chi connectivity index (χ1v) is 9.46. The Labute approximate surface area is 172 Å². The molecular weight excluding hydrogens is 379 g/mol. The van der Waals surface area contributed by atoms with Gasteiger partial charge in [0.05, 0.1) is 17.5 Å². The molecule has 30 heavy (non-hydrogen) atoms. The molecule has 7 heteroatoms. The van der Waals surface area contributed by atoms with Gasteiger partial charge in [-0.3, -0.25) is 4.98 Å². The number of rotatable bonds is 5. The lowest BCUT2D eigenvalue weighted by Gasteiger charge is -2.12. The summed E-state index contributed by atoms with van der Waals surface area (Å²) < 4.78 is 16.2. The van der Waals surface area contributed by atoms with Crippen molar-refractivity contribution in [1.29, 1.82) is 0 Å². The Hall–Kier alpha value is -4.13. The summed E-state index contributed by atoms with van der Waals surface area (Å²) in [7, 11) is 0. The number of hydrogen-bond acceptors (Lipinski definition) is 5. The Balaban J connectivity index is 1.46. The Morgan fingerprint density at radius 2 is 1.77 bits per heavy atom. The number of fused-ring (bicyclic) bond motifs is 1. The maximum absolute atomic E-state index is 14.6. The summed E-state index contributed by atoms with van der Waals surface area (Å²) in [4.78, 5) is 17.4. The van der Waals surface area contributed by atoms with Gasteiger partial charge in [0.15, 0.2) is 5.82 Å². The Kier molecular flexibility index (Phi) is 4.61. The standard InChI is InChI=1S/C23H17FN6/c24-19-13-16(5-6-21(19)30-12-11-26-15-30)14-27-23-18-3-1-2-4-20(18)28-22(29-23)17-7-9-25-10-8-17/h1-13,15H,14H2,(H,27,28,29). The van der Waals surface area contributed by atoms with E-state index in [9.17, 15) is 4.39 Å². The van der Waals surface area contributed by atoms with Gasteiger partial charge in [0.25, 0.3) is 0 Å². The van der Waals surface area contributed by atoms with E-state index in [4.69, 9.17) is 4.98 Å². The van der Waals surface area contributed by atoms with Crippen LogP contribution in [0.25, 0.3) is 28.0 Å². The molecule has 1 N–H and O–H groups in total. The molecule has 0 aliphatic carbocycles. The second-order valence-corrected chi connectivity index (χ2v) is 6.76. The fraction of sp³-hybridized carbons (Fsp3) is 0.0435. The molecule has 0 amide bonds. The first-order valence-electron chi connectivity index (χ1n) is 9.46. The van der Waals surface area contributed by atoms with E-state index in [1.54, 1.807) is 41.7 Å². The van der Waals surface area contributed by atoms with Crippen LogP contribution < -0.4 is 5.32 Å². The largest absolute Gasteiger partial charge is 0.365 e. The third kappa shape index (κ3) is 3.48. The van der Waals surface area contributed by atoms with Crippen molar-refractivity contribution in [3.05, 3.63) is 97.1 Å². The molecule has 0 fully saturated rings.